The van der Waals surface area contributed by atoms with Crippen LogP contribution in [0.4, 0.5) is 15.9 Å². The van der Waals surface area contributed by atoms with Gasteiger partial charge in [-0.15, -0.1) is 0 Å². The molecule has 30 heavy (non-hydrogen) atoms. The number of aryl methyl sites for hydroxylation is 2. The smallest absolute Gasteiger partial charge is 0.262 e. The number of nitrogens with zero attached hydrogens (tertiary/aromatic N) is 2. The number of anilines is 1. The van der Waals surface area contributed by atoms with Crippen LogP contribution < -0.4 is 10.9 Å². The molecule has 0 aliphatic carbocycles. The summed E-state index contributed by atoms with van der Waals surface area (Å²) in [6.07, 6.45) is 1.64. The van der Waals surface area contributed by atoms with Gasteiger partial charge in [-0.25, -0.2) is 14.4 Å². The molecule has 150 valence electrons. The third kappa shape index (κ3) is 4.05. The van der Waals surface area contributed by atoms with E-state index in [4.69, 9.17) is 4.42 Å². The highest BCUT2D eigenvalue weighted by Crippen LogP contribution is 2.22. The summed E-state index contributed by atoms with van der Waals surface area (Å²) in [5, 5.41) is 13.0. The Bertz CT molecular complexity index is 1330. The lowest BCUT2D eigenvalue weighted by atomic mass is 10.1. The number of hydrogen-bond donors (Lipinski definition) is 2. The van der Waals surface area contributed by atoms with Crippen molar-refractivity contribution in [3.63, 3.8) is 0 Å². The number of phenols is 1. The molecule has 1 amide bonds. The Morgan fingerprint density at radius 3 is 2.63 bits per heavy atom. The minimum Gasteiger partial charge on any atom is -0.508 e. The average Bonchev–Trinajstić information content (AvgIpc) is 2.72. The van der Waals surface area contributed by atoms with Crippen molar-refractivity contribution >= 4 is 28.4 Å². The quantitative estimate of drug-likeness (QED) is 0.516. The highest BCUT2D eigenvalue weighted by Gasteiger charge is 2.15. The molecule has 2 N–H and O–H groups in total. The van der Waals surface area contributed by atoms with E-state index in [0.717, 1.165) is 11.1 Å². The van der Waals surface area contributed by atoms with Gasteiger partial charge in [0.25, 0.3) is 5.91 Å². The van der Waals surface area contributed by atoms with E-state index in [-0.39, 0.29) is 22.6 Å². The zero-order valence-corrected chi connectivity index (χ0v) is 16.3. The Labute approximate surface area is 171 Å². The minimum absolute atomic E-state index is 0.00000646. The number of rotatable bonds is 3. The Balaban J connectivity index is 1.88. The van der Waals surface area contributed by atoms with Crippen molar-refractivity contribution in [1.29, 1.82) is 0 Å². The summed E-state index contributed by atoms with van der Waals surface area (Å²) in [5.41, 5.74) is 2.15. The molecule has 0 atom stereocenters. The van der Waals surface area contributed by atoms with Gasteiger partial charge in [0.2, 0.25) is 5.55 Å². The molecule has 4 aromatic rings. The maximum absolute atomic E-state index is 14.3. The van der Waals surface area contributed by atoms with E-state index < -0.39 is 11.7 Å². The molecule has 0 saturated heterocycles. The van der Waals surface area contributed by atoms with Crippen molar-refractivity contribution in [2.24, 2.45) is 4.99 Å². The Morgan fingerprint density at radius 1 is 1.07 bits per heavy atom. The van der Waals surface area contributed by atoms with Gasteiger partial charge in [-0.05, 0) is 61.4 Å². The van der Waals surface area contributed by atoms with E-state index in [1.165, 1.54) is 18.2 Å². The van der Waals surface area contributed by atoms with Crippen LogP contribution in [0.25, 0.3) is 11.0 Å². The average molecular weight is 403 g/mol. The molecule has 6 nitrogen and oxygen atoms in total. The number of fused-ring (bicyclic) bond motifs is 1. The third-order valence-electron chi connectivity index (χ3n) is 4.46. The van der Waals surface area contributed by atoms with E-state index >= 15 is 0 Å². The Kier molecular flexibility index (Phi) is 5.02. The van der Waals surface area contributed by atoms with Crippen molar-refractivity contribution < 1.29 is 18.7 Å². The Morgan fingerprint density at radius 2 is 1.87 bits per heavy atom. The molecule has 0 unspecified atom stereocenters. The standard InChI is InChI=1S/C23H18FN3O3/c1-13-3-7-18(24)19(9-13)26-23-17(10-15-5-6-16(28)11-20(15)30-23)22(29)27-21-8-4-14(2)12-25-21/h3-12,28H,1-2H3,(H,25,27,29). The summed E-state index contributed by atoms with van der Waals surface area (Å²) in [6, 6.07) is 14.1. The van der Waals surface area contributed by atoms with E-state index in [1.807, 2.05) is 19.9 Å². The van der Waals surface area contributed by atoms with Gasteiger partial charge >= 0.3 is 0 Å². The summed E-state index contributed by atoms with van der Waals surface area (Å²) in [7, 11) is 0. The van der Waals surface area contributed by atoms with Gasteiger partial charge in [-0.1, -0.05) is 12.1 Å². The van der Waals surface area contributed by atoms with Crippen LogP contribution in [-0.2, 0) is 0 Å². The van der Waals surface area contributed by atoms with Crippen LogP contribution in [0.2, 0.25) is 0 Å². The molecular formula is C23H18FN3O3. The van der Waals surface area contributed by atoms with E-state index in [0.29, 0.717) is 16.8 Å². The van der Waals surface area contributed by atoms with Crippen molar-refractivity contribution in [1.82, 2.24) is 4.98 Å². The number of benzene rings is 2. The van der Waals surface area contributed by atoms with Crippen LogP contribution in [0, 0.1) is 19.7 Å². The molecule has 0 saturated carbocycles. The molecule has 4 rings (SSSR count). The van der Waals surface area contributed by atoms with Crippen LogP contribution in [0.1, 0.15) is 21.5 Å². The topological polar surface area (TPSA) is 87.7 Å². The van der Waals surface area contributed by atoms with E-state index in [2.05, 4.69) is 15.3 Å². The second kappa shape index (κ2) is 7.79. The highest BCUT2D eigenvalue weighted by molar-refractivity contribution is 6.05. The SMILES string of the molecule is Cc1ccc(NC(=O)c2cc3ccc(O)cc3oc2=Nc2cc(C)ccc2F)nc1. The van der Waals surface area contributed by atoms with Gasteiger partial charge in [0.1, 0.15) is 34.2 Å². The predicted octanol–water partition coefficient (Wildman–Crippen LogP) is 4.77. The largest absolute Gasteiger partial charge is 0.508 e. The summed E-state index contributed by atoms with van der Waals surface area (Å²) >= 11 is 0. The van der Waals surface area contributed by atoms with Gasteiger partial charge in [0, 0.05) is 17.6 Å². The van der Waals surface area contributed by atoms with Crippen LogP contribution in [0.5, 0.6) is 5.75 Å². The molecule has 0 aliphatic rings. The monoisotopic (exact) mass is 403 g/mol. The molecule has 0 aliphatic heterocycles. The zero-order valence-electron chi connectivity index (χ0n) is 16.3. The Hall–Kier alpha value is -4.00. The first-order valence-corrected chi connectivity index (χ1v) is 9.21. The fraction of sp³-hybridized carbons (Fsp3) is 0.0870. The second-order valence-electron chi connectivity index (χ2n) is 6.93. The van der Waals surface area contributed by atoms with Crippen LogP contribution in [0.3, 0.4) is 0 Å². The third-order valence-corrected chi connectivity index (χ3v) is 4.46. The molecule has 0 bridgehead atoms. The van der Waals surface area contributed by atoms with Gasteiger partial charge in [0.15, 0.2) is 0 Å². The maximum atomic E-state index is 14.3. The maximum Gasteiger partial charge on any atom is 0.262 e. The number of carbonyl (C=O) groups excluding carboxylic acids is 1. The molecule has 0 spiro atoms. The van der Waals surface area contributed by atoms with Crippen molar-refractivity contribution in [2.45, 2.75) is 13.8 Å². The molecule has 0 fully saturated rings. The predicted molar refractivity (Wildman–Crippen MR) is 111 cm³/mol. The molecule has 2 heterocycles. The second-order valence-corrected chi connectivity index (χ2v) is 6.93. The number of nitrogens with one attached hydrogen (secondary N) is 1. The first kappa shape index (κ1) is 19.3. The number of hydrogen-bond acceptors (Lipinski definition) is 5. The van der Waals surface area contributed by atoms with Crippen molar-refractivity contribution in [3.8, 4) is 5.75 Å². The van der Waals surface area contributed by atoms with Crippen molar-refractivity contribution in [3.05, 3.63) is 88.9 Å². The van der Waals surface area contributed by atoms with Gasteiger partial charge in [-0.2, -0.15) is 0 Å². The van der Waals surface area contributed by atoms with Crippen molar-refractivity contribution in [2.75, 3.05) is 5.32 Å². The summed E-state index contributed by atoms with van der Waals surface area (Å²) in [6.45, 7) is 3.70. The number of aromatic nitrogens is 1. The summed E-state index contributed by atoms with van der Waals surface area (Å²) < 4.78 is 20.0. The van der Waals surface area contributed by atoms with Crippen LogP contribution in [0.15, 0.2) is 70.2 Å². The lowest BCUT2D eigenvalue weighted by molar-refractivity contribution is 0.102. The van der Waals surface area contributed by atoms with E-state index in [9.17, 15) is 14.3 Å². The number of halogens is 1. The molecular weight excluding hydrogens is 385 g/mol. The fourth-order valence-electron chi connectivity index (χ4n) is 2.90. The highest BCUT2D eigenvalue weighted by atomic mass is 19.1. The minimum atomic E-state index is -0.543. The molecule has 2 aromatic carbocycles. The lowest BCUT2D eigenvalue weighted by Gasteiger charge is -2.07. The molecule has 0 radical (unpaired) electrons. The van der Waals surface area contributed by atoms with Gasteiger partial charge < -0.3 is 14.8 Å². The fourth-order valence-corrected chi connectivity index (χ4v) is 2.90. The first-order valence-electron chi connectivity index (χ1n) is 9.21. The molecule has 7 heteroatoms. The number of aromatic hydroxyl groups is 1. The first-order chi connectivity index (χ1) is 14.4. The zero-order chi connectivity index (χ0) is 21.3. The van der Waals surface area contributed by atoms with Crippen LogP contribution >= 0.6 is 0 Å². The van der Waals surface area contributed by atoms with Crippen LogP contribution in [-0.4, -0.2) is 16.0 Å². The number of pyridine rings is 1. The normalized spacial score (nSPS) is 11.6. The summed E-state index contributed by atoms with van der Waals surface area (Å²) in [5.74, 6) is -0.681. The number of phenolic OH excluding ortho intramolecular Hbond substituents is 1. The summed E-state index contributed by atoms with van der Waals surface area (Å²) in [4.78, 5) is 21.4. The number of carbonyl (C=O) groups is 1. The van der Waals surface area contributed by atoms with E-state index in [1.54, 1.807) is 36.5 Å². The number of amides is 1. The molecule has 2 aromatic heterocycles. The van der Waals surface area contributed by atoms with Gasteiger partial charge in [0.05, 0.1) is 0 Å². The lowest BCUT2D eigenvalue weighted by Crippen LogP contribution is -2.22. The van der Waals surface area contributed by atoms with Gasteiger partial charge in [-0.3, -0.25) is 4.79 Å².